The Morgan fingerprint density at radius 2 is 1.39 bits per heavy atom. The second kappa shape index (κ2) is 8.61. The van der Waals surface area contributed by atoms with Crippen molar-refractivity contribution in [1.29, 1.82) is 0 Å². The lowest BCUT2D eigenvalue weighted by atomic mass is 9.98. The molecule has 0 amide bonds. The highest BCUT2D eigenvalue weighted by atomic mass is 14.2. The molecule has 142 valence electrons. The van der Waals surface area contributed by atoms with Crippen LogP contribution in [0.2, 0.25) is 0 Å². The summed E-state index contributed by atoms with van der Waals surface area (Å²) in [5, 5.41) is 0. The molecule has 0 atom stereocenters. The largest absolute Gasteiger partial charge is 0.0651 e. The van der Waals surface area contributed by atoms with Gasteiger partial charge in [0.15, 0.2) is 0 Å². The Hall–Kier alpha value is -2.60. The Balaban J connectivity index is 1.47. The zero-order chi connectivity index (χ0) is 19.3. The van der Waals surface area contributed by atoms with Crippen LogP contribution in [-0.4, -0.2) is 0 Å². The monoisotopic (exact) mass is 366 g/mol. The summed E-state index contributed by atoms with van der Waals surface area (Å²) in [7, 11) is 0. The zero-order valence-electron chi connectivity index (χ0n) is 17.2. The molecule has 0 bridgehead atoms. The average molecular weight is 367 g/mol. The van der Waals surface area contributed by atoms with Gasteiger partial charge in [-0.1, -0.05) is 93.1 Å². The molecule has 0 saturated carbocycles. The van der Waals surface area contributed by atoms with Crippen LogP contribution in [0.1, 0.15) is 59.2 Å². The Morgan fingerprint density at radius 1 is 0.679 bits per heavy atom. The van der Waals surface area contributed by atoms with Crippen LogP contribution < -0.4 is 0 Å². The summed E-state index contributed by atoms with van der Waals surface area (Å²) in [5.41, 5.74) is 11.5. The fourth-order valence-corrected chi connectivity index (χ4v) is 4.17. The lowest BCUT2D eigenvalue weighted by Crippen LogP contribution is -1.94. The molecule has 0 heterocycles. The highest BCUT2D eigenvalue weighted by Crippen LogP contribution is 2.32. The van der Waals surface area contributed by atoms with Crippen molar-refractivity contribution in [2.75, 3.05) is 0 Å². The van der Waals surface area contributed by atoms with Crippen LogP contribution in [-0.2, 0) is 32.1 Å². The number of hydrogen-bond donors (Lipinski definition) is 0. The van der Waals surface area contributed by atoms with E-state index < -0.39 is 0 Å². The zero-order valence-corrected chi connectivity index (χ0v) is 17.2. The average Bonchev–Trinajstić information content (AvgIpc) is 3.16. The van der Waals surface area contributed by atoms with E-state index in [1.807, 2.05) is 0 Å². The first-order valence-corrected chi connectivity index (χ1v) is 10.7. The molecule has 0 N–H and O–H groups in total. The van der Waals surface area contributed by atoms with Crippen LogP contribution in [0.3, 0.4) is 0 Å². The SMILES string of the molecule is CCCc1cccc(C2=Cc3cc(CCc4ccc(CC)cc4)ccc3C2)c1. The van der Waals surface area contributed by atoms with E-state index in [9.17, 15) is 0 Å². The first kappa shape index (κ1) is 18.7. The van der Waals surface area contributed by atoms with E-state index in [0.717, 1.165) is 32.1 Å². The minimum absolute atomic E-state index is 1.06. The van der Waals surface area contributed by atoms with Crippen molar-refractivity contribution in [1.82, 2.24) is 0 Å². The van der Waals surface area contributed by atoms with Crippen LogP contribution in [0.5, 0.6) is 0 Å². The van der Waals surface area contributed by atoms with E-state index in [-0.39, 0.29) is 0 Å². The number of hydrogen-bond acceptors (Lipinski definition) is 0. The fourth-order valence-electron chi connectivity index (χ4n) is 4.17. The number of rotatable bonds is 7. The summed E-state index contributed by atoms with van der Waals surface area (Å²) in [6, 6.07) is 25.3. The van der Waals surface area contributed by atoms with Crippen molar-refractivity contribution < 1.29 is 0 Å². The molecule has 0 fully saturated rings. The van der Waals surface area contributed by atoms with Gasteiger partial charge in [-0.25, -0.2) is 0 Å². The lowest BCUT2D eigenvalue weighted by molar-refractivity contribution is 0.921. The normalized spacial score (nSPS) is 12.7. The van der Waals surface area contributed by atoms with E-state index in [4.69, 9.17) is 0 Å². The van der Waals surface area contributed by atoms with E-state index in [1.165, 1.54) is 50.9 Å². The van der Waals surface area contributed by atoms with Crippen LogP contribution >= 0.6 is 0 Å². The molecular formula is C28H30. The van der Waals surface area contributed by atoms with Crippen LogP contribution in [0.4, 0.5) is 0 Å². The van der Waals surface area contributed by atoms with Crippen molar-refractivity contribution >= 4 is 11.6 Å². The molecule has 0 saturated heterocycles. The minimum Gasteiger partial charge on any atom is -0.0651 e. The van der Waals surface area contributed by atoms with Crippen molar-refractivity contribution in [3.8, 4) is 0 Å². The molecule has 0 radical (unpaired) electrons. The standard InChI is InChI=1S/C28H30/c1-3-6-23-7-5-8-25(17-23)28-19-26-16-15-24(18-27(26)20-28)14-13-22-11-9-21(4-2)10-12-22/h5,7-12,15-18,20H,3-4,6,13-14,19H2,1-2H3. The second-order valence-corrected chi connectivity index (χ2v) is 8.00. The summed E-state index contributed by atoms with van der Waals surface area (Å²) in [6.07, 6.45) is 9.15. The molecule has 1 aliphatic rings. The topological polar surface area (TPSA) is 0 Å². The van der Waals surface area contributed by atoms with Crippen LogP contribution in [0.25, 0.3) is 11.6 Å². The molecule has 1 aliphatic carbocycles. The summed E-state index contributed by atoms with van der Waals surface area (Å²) in [6.45, 7) is 4.46. The molecule has 0 unspecified atom stereocenters. The third-order valence-electron chi connectivity index (χ3n) is 5.89. The van der Waals surface area contributed by atoms with E-state index >= 15 is 0 Å². The van der Waals surface area contributed by atoms with Gasteiger partial charge in [0.25, 0.3) is 0 Å². The maximum Gasteiger partial charge on any atom is -0.00137 e. The predicted molar refractivity (Wildman–Crippen MR) is 122 cm³/mol. The molecule has 0 spiro atoms. The molecule has 3 aromatic rings. The molecule has 0 heteroatoms. The number of fused-ring (bicyclic) bond motifs is 1. The van der Waals surface area contributed by atoms with Gasteiger partial charge in [0.1, 0.15) is 0 Å². The second-order valence-electron chi connectivity index (χ2n) is 8.00. The quantitative estimate of drug-likeness (QED) is 0.419. The van der Waals surface area contributed by atoms with E-state index in [1.54, 1.807) is 0 Å². The van der Waals surface area contributed by atoms with Gasteiger partial charge >= 0.3 is 0 Å². The summed E-state index contributed by atoms with van der Waals surface area (Å²) >= 11 is 0. The van der Waals surface area contributed by atoms with E-state index in [0.29, 0.717) is 0 Å². The lowest BCUT2D eigenvalue weighted by Gasteiger charge is -2.06. The van der Waals surface area contributed by atoms with Gasteiger partial charge in [0.2, 0.25) is 0 Å². The minimum atomic E-state index is 1.06. The molecule has 28 heavy (non-hydrogen) atoms. The van der Waals surface area contributed by atoms with Gasteiger partial charge in [-0.05, 0) is 76.6 Å². The third-order valence-corrected chi connectivity index (χ3v) is 5.89. The maximum absolute atomic E-state index is 2.40. The molecule has 4 rings (SSSR count). The molecular weight excluding hydrogens is 336 g/mol. The molecule has 0 nitrogen and oxygen atoms in total. The van der Waals surface area contributed by atoms with Gasteiger partial charge in [-0.2, -0.15) is 0 Å². The summed E-state index contributed by atoms with van der Waals surface area (Å²) < 4.78 is 0. The first-order valence-electron chi connectivity index (χ1n) is 10.7. The highest BCUT2D eigenvalue weighted by Gasteiger charge is 2.15. The Bertz CT molecular complexity index is 973. The Kier molecular flexibility index (Phi) is 5.76. The smallest absolute Gasteiger partial charge is 0.00137 e. The fraction of sp³-hybridized carbons (Fsp3) is 0.286. The van der Waals surface area contributed by atoms with Crippen molar-refractivity contribution in [2.24, 2.45) is 0 Å². The molecule has 3 aromatic carbocycles. The molecule has 0 aromatic heterocycles. The van der Waals surface area contributed by atoms with Crippen molar-refractivity contribution in [2.45, 2.75) is 52.4 Å². The number of aryl methyl sites for hydroxylation is 4. The first-order chi connectivity index (χ1) is 13.7. The summed E-state index contributed by atoms with van der Waals surface area (Å²) in [5.74, 6) is 0. The maximum atomic E-state index is 2.40. The highest BCUT2D eigenvalue weighted by molar-refractivity contribution is 5.88. The summed E-state index contributed by atoms with van der Waals surface area (Å²) in [4.78, 5) is 0. The van der Waals surface area contributed by atoms with Gasteiger partial charge in [0.05, 0.1) is 0 Å². The predicted octanol–water partition coefficient (Wildman–Crippen LogP) is 7.08. The molecule has 0 aliphatic heterocycles. The van der Waals surface area contributed by atoms with Crippen molar-refractivity contribution in [3.05, 3.63) is 106 Å². The van der Waals surface area contributed by atoms with Crippen LogP contribution in [0, 0.1) is 0 Å². The van der Waals surface area contributed by atoms with E-state index in [2.05, 4.69) is 86.7 Å². The van der Waals surface area contributed by atoms with Gasteiger partial charge in [-0.3, -0.25) is 0 Å². The number of benzene rings is 3. The van der Waals surface area contributed by atoms with Crippen molar-refractivity contribution in [3.63, 3.8) is 0 Å². The van der Waals surface area contributed by atoms with Gasteiger partial charge in [0, 0.05) is 0 Å². The Labute approximate surface area is 169 Å². The third kappa shape index (κ3) is 4.28. The Morgan fingerprint density at radius 3 is 2.18 bits per heavy atom. The van der Waals surface area contributed by atoms with Crippen LogP contribution in [0.15, 0.2) is 66.7 Å². The van der Waals surface area contributed by atoms with Gasteiger partial charge < -0.3 is 0 Å². The van der Waals surface area contributed by atoms with Gasteiger partial charge in [-0.15, -0.1) is 0 Å². The number of allylic oxidation sites excluding steroid dienone is 1.